The number of nitrogens with zero attached hydrogens (tertiary/aromatic N) is 2. The molecule has 2 aliphatic heterocycles. The molecule has 132 valence electrons. The number of hydrogen-bond acceptors (Lipinski definition) is 5. The van der Waals surface area contributed by atoms with Crippen molar-refractivity contribution in [2.75, 3.05) is 31.2 Å². The number of aromatic nitrogens is 1. The van der Waals surface area contributed by atoms with E-state index in [0.717, 1.165) is 38.7 Å². The second kappa shape index (κ2) is 6.28. The molecule has 3 fully saturated rings. The van der Waals surface area contributed by atoms with Crippen LogP contribution in [0.5, 0.6) is 0 Å². The normalized spacial score (nSPS) is 34.7. The zero-order valence-electron chi connectivity index (χ0n) is 15.0. The lowest BCUT2D eigenvalue weighted by Gasteiger charge is -2.55. The Bertz CT molecular complexity index is 592. The van der Waals surface area contributed by atoms with Gasteiger partial charge in [0.15, 0.2) is 0 Å². The van der Waals surface area contributed by atoms with Crippen molar-refractivity contribution < 1.29 is 9.47 Å². The molecule has 2 saturated heterocycles. The summed E-state index contributed by atoms with van der Waals surface area (Å²) >= 11 is 0. The molecule has 3 aliphatic rings. The number of nitrogens with one attached hydrogen (secondary N) is 1. The lowest BCUT2D eigenvalue weighted by molar-refractivity contribution is -0.113. The Morgan fingerprint density at radius 3 is 3.04 bits per heavy atom. The van der Waals surface area contributed by atoms with Gasteiger partial charge in [0.1, 0.15) is 5.82 Å². The van der Waals surface area contributed by atoms with Gasteiger partial charge in [0.2, 0.25) is 0 Å². The Morgan fingerprint density at radius 2 is 2.21 bits per heavy atom. The van der Waals surface area contributed by atoms with E-state index in [-0.39, 0.29) is 11.5 Å². The number of hydrogen-bond donors (Lipinski definition) is 1. The number of ether oxygens (including phenoxy) is 2. The lowest BCUT2D eigenvalue weighted by atomic mass is 9.57. The number of morpholine rings is 1. The molecule has 5 nitrogen and oxygen atoms in total. The number of rotatable bonds is 4. The highest BCUT2D eigenvalue weighted by molar-refractivity contribution is 5.41. The molecular weight excluding hydrogens is 302 g/mol. The van der Waals surface area contributed by atoms with Gasteiger partial charge in [-0.2, -0.15) is 0 Å². The van der Waals surface area contributed by atoms with Crippen LogP contribution in [-0.4, -0.2) is 49.5 Å². The molecule has 0 bridgehead atoms. The predicted octanol–water partition coefficient (Wildman–Crippen LogP) is 2.21. The van der Waals surface area contributed by atoms with Crippen molar-refractivity contribution in [3.63, 3.8) is 0 Å². The first kappa shape index (κ1) is 16.3. The van der Waals surface area contributed by atoms with Crippen LogP contribution in [0.15, 0.2) is 18.3 Å². The van der Waals surface area contributed by atoms with Gasteiger partial charge in [-0.05, 0) is 31.0 Å². The van der Waals surface area contributed by atoms with E-state index in [0.29, 0.717) is 18.1 Å². The van der Waals surface area contributed by atoms with Crippen LogP contribution in [0.2, 0.25) is 0 Å². The standard InChI is InChI=1S/C19H29N3O2/c1-13-12-22(7-9-23-13)16-10-14(4-6-20-16)11-21-17-15-5-8-24-18(15)19(17,2)3/h4,6,10,13,15,17-18,21H,5,7-9,11-12H2,1-3H3/t13-,15+,17-,18-/m1/s1. The van der Waals surface area contributed by atoms with Crippen molar-refractivity contribution in [3.05, 3.63) is 23.9 Å². The molecule has 0 amide bonds. The molecule has 1 aromatic rings. The van der Waals surface area contributed by atoms with E-state index < -0.39 is 0 Å². The summed E-state index contributed by atoms with van der Waals surface area (Å²) in [6.45, 7) is 11.2. The third-order valence-corrected chi connectivity index (χ3v) is 6.00. The molecular formula is C19H29N3O2. The lowest BCUT2D eigenvalue weighted by Crippen LogP contribution is -2.65. The second-order valence-electron chi connectivity index (χ2n) is 8.07. The summed E-state index contributed by atoms with van der Waals surface area (Å²) in [5.41, 5.74) is 1.54. The largest absolute Gasteiger partial charge is 0.377 e. The highest BCUT2D eigenvalue weighted by Crippen LogP contribution is 2.52. The summed E-state index contributed by atoms with van der Waals surface area (Å²) in [5.74, 6) is 1.75. The SMILES string of the molecule is C[C@@H]1CN(c2cc(CN[C@@H]3[C@@H]4CCO[C@H]4C3(C)C)ccn2)CCO1. The number of fused-ring (bicyclic) bond motifs is 1. The molecule has 0 spiro atoms. The third-order valence-electron chi connectivity index (χ3n) is 6.00. The van der Waals surface area contributed by atoms with Crippen LogP contribution in [0.25, 0.3) is 0 Å². The van der Waals surface area contributed by atoms with Gasteiger partial charge in [0.25, 0.3) is 0 Å². The van der Waals surface area contributed by atoms with Crippen LogP contribution in [0.4, 0.5) is 5.82 Å². The van der Waals surface area contributed by atoms with Gasteiger partial charge in [-0.25, -0.2) is 4.98 Å². The fourth-order valence-corrected chi connectivity index (χ4v) is 4.74. The Balaban J connectivity index is 1.39. The van der Waals surface area contributed by atoms with Crippen LogP contribution in [-0.2, 0) is 16.0 Å². The van der Waals surface area contributed by atoms with E-state index >= 15 is 0 Å². The average Bonchev–Trinajstić information content (AvgIpc) is 3.02. The average molecular weight is 331 g/mol. The first-order valence-corrected chi connectivity index (χ1v) is 9.22. The molecule has 0 unspecified atom stereocenters. The second-order valence-corrected chi connectivity index (χ2v) is 8.07. The Morgan fingerprint density at radius 1 is 1.33 bits per heavy atom. The predicted molar refractivity (Wildman–Crippen MR) is 94.1 cm³/mol. The van der Waals surface area contributed by atoms with Crippen molar-refractivity contribution in [1.29, 1.82) is 0 Å². The number of anilines is 1. The molecule has 5 heteroatoms. The maximum Gasteiger partial charge on any atom is 0.128 e. The number of pyridine rings is 1. The van der Waals surface area contributed by atoms with Gasteiger partial charge in [-0.15, -0.1) is 0 Å². The molecule has 1 aliphatic carbocycles. The molecule has 3 heterocycles. The topological polar surface area (TPSA) is 46.6 Å². The molecule has 1 N–H and O–H groups in total. The summed E-state index contributed by atoms with van der Waals surface area (Å²) < 4.78 is 11.5. The van der Waals surface area contributed by atoms with E-state index in [4.69, 9.17) is 9.47 Å². The van der Waals surface area contributed by atoms with Crippen molar-refractivity contribution in [2.24, 2.45) is 11.3 Å². The van der Waals surface area contributed by atoms with Crippen LogP contribution in [0, 0.1) is 11.3 Å². The summed E-state index contributed by atoms with van der Waals surface area (Å²) in [6.07, 6.45) is 3.84. The van der Waals surface area contributed by atoms with Gasteiger partial charge in [0.05, 0.1) is 18.8 Å². The maximum absolute atomic E-state index is 5.89. The van der Waals surface area contributed by atoms with Crippen LogP contribution in [0.3, 0.4) is 0 Å². The molecule has 0 radical (unpaired) electrons. The summed E-state index contributed by atoms with van der Waals surface area (Å²) in [5, 5.41) is 3.79. The summed E-state index contributed by atoms with van der Waals surface area (Å²) in [4.78, 5) is 6.89. The zero-order chi connectivity index (χ0) is 16.7. The van der Waals surface area contributed by atoms with E-state index in [2.05, 4.69) is 48.1 Å². The fourth-order valence-electron chi connectivity index (χ4n) is 4.74. The summed E-state index contributed by atoms with van der Waals surface area (Å²) in [7, 11) is 0. The minimum absolute atomic E-state index is 0.233. The van der Waals surface area contributed by atoms with Gasteiger partial charge < -0.3 is 19.7 Å². The van der Waals surface area contributed by atoms with Gasteiger partial charge in [-0.3, -0.25) is 0 Å². The molecule has 1 saturated carbocycles. The van der Waals surface area contributed by atoms with Gasteiger partial charge >= 0.3 is 0 Å². The molecule has 4 rings (SSSR count). The van der Waals surface area contributed by atoms with Crippen molar-refractivity contribution in [3.8, 4) is 0 Å². The van der Waals surface area contributed by atoms with Crippen molar-refractivity contribution in [2.45, 2.75) is 52.0 Å². The Labute approximate surface area is 144 Å². The van der Waals surface area contributed by atoms with E-state index in [1.54, 1.807) is 0 Å². The Kier molecular flexibility index (Phi) is 4.27. The maximum atomic E-state index is 5.89. The van der Waals surface area contributed by atoms with E-state index in [1.807, 2.05) is 6.20 Å². The third kappa shape index (κ3) is 2.83. The minimum atomic E-state index is 0.233. The van der Waals surface area contributed by atoms with E-state index in [9.17, 15) is 0 Å². The summed E-state index contributed by atoms with van der Waals surface area (Å²) in [6, 6.07) is 4.89. The van der Waals surface area contributed by atoms with Crippen LogP contribution < -0.4 is 10.2 Å². The zero-order valence-corrected chi connectivity index (χ0v) is 15.0. The first-order valence-electron chi connectivity index (χ1n) is 9.22. The molecule has 4 atom stereocenters. The van der Waals surface area contributed by atoms with Crippen LogP contribution >= 0.6 is 0 Å². The smallest absolute Gasteiger partial charge is 0.128 e. The van der Waals surface area contributed by atoms with Gasteiger partial charge in [-0.1, -0.05) is 13.8 Å². The highest BCUT2D eigenvalue weighted by Gasteiger charge is 2.58. The minimum Gasteiger partial charge on any atom is -0.377 e. The fraction of sp³-hybridized carbons (Fsp3) is 0.737. The molecule has 0 aromatic carbocycles. The van der Waals surface area contributed by atoms with Crippen LogP contribution in [0.1, 0.15) is 32.8 Å². The van der Waals surface area contributed by atoms with Gasteiger partial charge in [0, 0.05) is 49.8 Å². The van der Waals surface area contributed by atoms with Crippen molar-refractivity contribution in [1.82, 2.24) is 10.3 Å². The molecule has 24 heavy (non-hydrogen) atoms. The van der Waals surface area contributed by atoms with E-state index in [1.165, 1.54) is 12.0 Å². The first-order chi connectivity index (χ1) is 11.6. The van der Waals surface area contributed by atoms with Crippen molar-refractivity contribution >= 4 is 5.82 Å². The molecule has 1 aromatic heterocycles. The monoisotopic (exact) mass is 331 g/mol. The highest BCUT2D eigenvalue weighted by atomic mass is 16.5. The Hall–Kier alpha value is -1.17. The quantitative estimate of drug-likeness (QED) is 0.916.